The van der Waals surface area contributed by atoms with Crippen molar-refractivity contribution in [3.63, 3.8) is 0 Å². The topological polar surface area (TPSA) is 140 Å². The number of ether oxygens (including phenoxy) is 2. The Morgan fingerprint density at radius 1 is 1.54 bits per heavy atom. The van der Waals surface area contributed by atoms with E-state index in [0.717, 1.165) is 0 Å². The number of fused-ring (bicyclic) bond motifs is 1. The fourth-order valence-electron chi connectivity index (χ4n) is 2.77. The molecule has 1 unspecified atom stereocenters. The molecule has 2 aromatic rings. The fraction of sp³-hybridized carbons (Fsp3) is 0.200. The first kappa shape index (κ1) is 15.5. The number of methoxy groups -OCH3 is 1. The van der Waals surface area contributed by atoms with Crippen LogP contribution >= 0.6 is 0 Å². The number of benzene rings is 1. The average Bonchev–Trinajstić information content (AvgIpc) is 2.96. The maximum absolute atomic E-state index is 11.4. The van der Waals surface area contributed by atoms with E-state index in [1.165, 1.54) is 13.2 Å². The van der Waals surface area contributed by atoms with E-state index < -0.39 is 10.8 Å². The van der Waals surface area contributed by atoms with Gasteiger partial charge in [0.1, 0.15) is 11.6 Å². The summed E-state index contributed by atoms with van der Waals surface area (Å²) in [6, 6.07) is 8.19. The van der Waals surface area contributed by atoms with E-state index in [9.17, 15) is 15.4 Å². The summed E-state index contributed by atoms with van der Waals surface area (Å²) in [6.07, 6.45) is 0. The molecule has 2 heterocycles. The van der Waals surface area contributed by atoms with Crippen LogP contribution in [0.4, 0.5) is 5.69 Å². The van der Waals surface area contributed by atoms with Crippen molar-refractivity contribution >= 4 is 5.69 Å². The number of nitro benzene ring substituents is 1. The molecule has 3 rings (SSSR count). The van der Waals surface area contributed by atoms with Crippen LogP contribution in [-0.2, 0) is 11.3 Å². The number of nitrogens with zero attached hydrogens (tertiary/aromatic N) is 3. The van der Waals surface area contributed by atoms with Crippen LogP contribution in [0.5, 0.6) is 5.88 Å². The number of H-pyrrole nitrogens is 1. The number of aromatic amines is 1. The minimum Gasteiger partial charge on any atom is -0.420 e. The third kappa shape index (κ3) is 2.35. The highest BCUT2D eigenvalue weighted by atomic mass is 16.6. The lowest BCUT2D eigenvalue weighted by atomic mass is 9.83. The molecule has 0 spiro atoms. The molecule has 1 aliphatic heterocycles. The van der Waals surface area contributed by atoms with Crippen molar-refractivity contribution in [2.45, 2.75) is 12.5 Å². The highest BCUT2D eigenvalue weighted by Gasteiger charge is 2.38. The summed E-state index contributed by atoms with van der Waals surface area (Å²) in [7, 11) is 1.51. The van der Waals surface area contributed by atoms with E-state index in [-0.39, 0.29) is 29.6 Å². The molecule has 1 aromatic heterocycles. The predicted octanol–water partition coefficient (Wildman–Crippen LogP) is 1.68. The number of hydrogen-bond donors (Lipinski definition) is 2. The van der Waals surface area contributed by atoms with Gasteiger partial charge in [-0.3, -0.25) is 15.2 Å². The number of allylic oxidation sites excluding steroid dienone is 1. The zero-order chi connectivity index (χ0) is 17.3. The molecule has 0 fully saturated rings. The molecule has 1 aliphatic rings. The fourth-order valence-corrected chi connectivity index (χ4v) is 2.77. The lowest BCUT2D eigenvalue weighted by Crippen LogP contribution is -2.22. The van der Waals surface area contributed by atoms with Crippen LogP contribution < -0.4 is 10.5 Å². The second-order valence-corrected chi connectivity index (χ2v) is 5.09. The molecule has 9 heteroatoms. The van der Waals surface area contributed by atoms with Gasteiger partial charge in [0, 0.05) is 18.7 Å². The Labute approximate surface area is 136 Å². The van der Waals surface area contributed by atoms with E-state index in [1.54, 1.807) is 18.2 Å². The second kappa shape index (κ2) is 6.02. The number of nitrogens with one attached hydrogen (secondary N) is 1. The van der Waals surface area contributed by atoms with Crippen molar-refractivity contribution in [3.05, 3.63) is 62.7 Å². The molecule has 0 saturated heterocycles. The number of nitrogens with two attached hydrogens (primary N) is 1. The molecule has 0 aliphatic carbocycles. The number of para-hydroxylation sites is 1. The Bertz CT molecular complexity index is 880. The van der Waals surface area contributed by atoms with Crippen LogP contribution in [0.15, 0.2) is 35.7 Å². The van der Waals surface area contributed by atoms with E-state index in [0.29, 0.717) is 16.8 Å². The van der Waals surface area contributed by atoms with Crippen LogP contribution in [0.3, 0.4) is 0 Å². The maximum Gasteiger partial charge on any atom is 0.273 e. The molecule has 24 heavy (non-hydrogen) atoms. The summed E-state index contributed by atoms with van der Waals surface area (Å²) in [5.74, 6) is -0.699. The highest BCUT2D eigenvalue weighted by Crippen LogP contribution is 2.45. The van der Waals surface area contributed by atoms with Crippen molar-refractivity contribution in [2.75, 3.05) is 7.11 Å². The van der Waals surface area contributed by atoms with Crippen molar-refractivity contribution in [3.8, 4) is 11.9 Å². The predicted molar refractivity (Wildman–Crippen MR) is 81.7 cm³/mol. The molecule has 122 valence electrons. The van der Waals surface area contributed by atoms with Gasteiger partial charge in [-0.25, -0.2) is 0 Å². The molecule has 3 N–H and O–H groups in total. The molecule has 0 saturated carbocycles. The first-order valence-electron chi connectivity index (χ1n) is 6.95. The number of rotatable bonds is 4. The number of nitro groups is 1. The van der Waals surface area contributed by atoms with Gasteiger partial charge in [-0.05, 0) is 0 Å². The van der Waals surface area contributed by atoms with Gasteiger partial charge in [-0.2, -0.15) is 5.26 Å². The summed E-state index contributed by atoms with van der Waals surface area (Å²) in [4.78, 5) is 10.9. The Balaban J connectivity index is 2.28. The standard InChI is InChI=1S/C15H13N5O4/c1-23-7-10-13-12(8-4-2-3-5-11(8)20(21)22)9(6-16)14(17)24-15(13)19-18-10/h2-5,12H,7,17H2,1H3,(H,18,19). The summed E-state index contributed by atoms with van der Waals surface area (Å²) < 4.78 is 10.5. The highest BCUT2D eigenvalue weighted by molar-refractivity contribution is 5.59. The van der Waals surface area contributed by atoms with Gasteiger partial charge in [0.25, 0.3) is 5.69 Å². The van der Waals surface area contributed by atoms with Crippen LogP contribution in [0.2, 0.25) is 0 Å². The summed E-state index contributed by atoms with van der Waals surface area (Å²) >= 11 is 0. The normalized spacial score (nSPS) is 16.2. The third-order valence-electron chi connectivity index (χ3n) is 3.75. The largest absolute Gasteiger partial charge is 0.420 e. The van der Waals surface area contributed by atoms with Crippen LogP contribution in [0.1, 0.15) is 22.7 Å². The van der Waals surface area contributed by atoms with Crippen LogP contribution in [0.25, 0.3) is 0 Å². The van der Waals surface area contributed by atoms with E-state index in [2.05, 4.69) is 10.2 Å². The van der Waals surface area contributed by atoms with Gasteiger partial charge in [0.2, 0.25) is 11.8 Å². The Morgan fingerprint density at radius 3 is 2.96 bits per heavy atom. The van der Waals surface area contributed by atoms with Crippen LogP contribution in [0, 0.1) is 21.4 Å². The van der Waals surface area contributed by atoms with Crippen molar-refractivity contribution < 1.29 is 14.4 Å². The Kier molecular flexibility index (Phi) is 3.89. The number of hydrogen-bond acceptors (Lipinski definition) is 7. The monoisotopic (exact) mass is 327 g/mol. The minimum absolute atomic E-state index is 0.0931. The summed E-state index contributed by atoms with van der Waals surface area (Å²) in [6.45, 7) is 0.182. The molecular formula is C15H13N5O4. The first-order chi connectivity index (χ1) is 11.6. The van der Waals surface area contributed by atoms with Crippen molar-refractivity contribution in [2.24, 2.45) is 5.73 Å². The number of aromatic nitrogens is 2. The quantitative estimate of drug-likeness (QED) is 0.643. The molecular weight excluding hydrogens is 314 g/mol. The van der Waals surface area contributed by atoms with Gasteiger partial charge in [0.15, 0.2) is 0 Å². The van der Waals surface area contributed by atoms with E-state index in [4.69, 9.17) is 15.2 Å². The van der Waals surface area contributed by atoms with Gasteiger partial charge < -0.3 is 15.2 Å². The zero-order valence-corrected chi connectivity index (χ0v) is 12.6. The Morgan fingerprint density at radius 2 is 2.29 bits per heavy atom. The molecule has 1 atom stereocenters. The Hall–Kier alpha value is -3.38. The molecule has 1 aromatic carbocycles. The lowest BCUT2D eigenvalue weighted by molar-refractivity contribution is -0.385. The average molecular weight is 327 g/mol. The van der Waals surface area contributed by atoms with E-state index in [1.807, 2.05) is 6.07 Å². The van der Waals surface area contributed by atoms with E-state index >= 15 is 0 Å². The van der Waals surface area contributed by atoms with Crippen molar-refractivity contribution in [1.82, 2.24) is 10.2 Å². The van der Waals surface area contributed by atoms with Gasteiger partial charge in [-0.15, -0.1) is 5.10 Å². The summed E-state index contributed by atoms with van der Waals surface area (Å²) in [5, 5.41) is 27.7. The minimum atomic E-state index is -0.760. The molecule has 0 bridgehead atoms. The lowest BCUT2D eigenvalue weighted by Gasteiger charge is -2.23. The van der Waals surface area contributed by atoms with Gasteiger partial charge in [0.05, 0.1) is 28.7 Å². The van der Waals surface area contributed by atoms with Gasteiger partial charge in [-0.1, -0.05) is 18.2 Å². The molecule has 0 radical (unpaired) electrons. The van der Waals surface area contributed by atoms with Crippen LogP contribution in [-0.4, -0.2) is 22.2 Å². The smallest absolute Gasteiger partial charge is 0.273 e. The SMILES string of the molecule is COCc1[nH]nc2c1C(c1ccccc1[N+](=O)[O-])C(C#N)=C(N)O2. The number of nitriles is 1. The van der Waals surface area contributed by atoms with Crippen molar-refractivity contribution in [1.29, 1.82) is 5.26 Å². The molecule has 9 nitrogen and oxygen atoms in total. The summed E-state index contributed by atoms with van der Waals surface area (Å²) in [5.41, 5.74) is 7.22. The molecule has 0 amide bonds. The second-order valence-electron chi connectivity index (χ2n) is 5.09. The van der Waals surface area contributed by atoms with Gasteiger partial charge >= 0.3 is 0 Å². The zero-order valence-electron chi connectivity index (χ0n) is 12.6. The third-order valence-corrected chi connectivity index (χ3v) is 3.75. The first-order valence-corrected chi connectivity index (χ1v) is 6.95. The maximum atomic E-state index is 11.4.